The van der Waals surface area contributed by atoms with Crippen molar-refractivity contribution in [2.75, 3.05) is 37.7 Å². The number of rotatable bonds is 5. The number of aryl methyl sites for hydroxylation is 2. The average molecular weight is 295 g/mol. The van der Waals surface area contributed by atoms with Crippen molar-refractivity contribution in [3.8, 4) is 5.75 Å². The molecule has 20 heavy (non-hydrogen) atoms. The monoisotopic (exact) mass is 295 g/mol. The highest BCUT2D eigenvalue weighted by Gasteiger charge is 2.15. The third kappa shape index (κ3) is 4.69. The van der Waals surface area contributed by atoms with Gasteiger partial charge in [-0.05, 0) is 43.7 Å². The molecule has 0 aromatic heterocycles. The summed E-state index contributed by atoms with van der Waals surface area (Å²) in [5.74, 6) is 3.33. The average Bonchev–Trinajstić information content (AvgIpc) is 2.67. The molecule has 0 amide bonds. The SMILES string of the molecule is Cc1cccc(C)c1OCC(O)CN1CCCSCC1. The summed E-state index contributed by atoms with van der Waals surface area (Å²) in [6, 6.07) is 6.12. The number of aliphatic hydroxyl groups excluding tert-OH is 1. The Bertz CT molecular complexity index is 397. The maximum atomic E-state index is 10.2. The molecule has 0 spiro atoms. The van der Waals surface area contributed by atoms with Gasteiger partial charge in [-0.1, -0.05) is 18.2 Å². The molecule has 1 aromatic carbocycles. The number of aliphatic hydroxyl groups is 1. The van der Waals surface area contributed by atoms with Gasteiger partial charge in [0.15, 0.2) is 0 Å². The summed E-state index contributed by atoms with van der Waals surface area (Å²) in [6.45, 7) is 7.33. The molecule has 1 unspecified atom stereocenters. The predicted octanol–water partition coefficient (Wildman–Crippen LogP) is 2.48. The number of thioether (sulfide) groups is 1. The second-order valence-electron chi connectivity index (χ2n) is 5.45. The molecule has 1 fully saturated rings. The Morgan fingerprint density at radius 3 is 2.75 bits per heavy atom. The fourth-order valence-electron chi connectivity index (χ4n) is 2.54. The molecular weight excluding hydrogens is 270 g/mol. The molecule has 1 atom stereocenters. The van der Waals surface area contributed by atoms with Gasteiger partial charge in [-0.25, -0.2) is 0 Å². The highest BCUT2D eigenvalue weighted by atomic mass is 32.2. The van der Waals surface area contributed by atoms with E-state index in [2.05, 4.69) is 4.90 Å². The van der Waals surface area contributed by atoms with Crippen LogP contribution in [0, 0.1) is 13.8 Å². The van der Waals surface area contributed by atoms with E-state index in [1.807, 2.05) is 43.8 Å². The molecule has 112 valence electrons. The van der Waals surface area contributed by atoms with Gasteiger partial charge >= 0.3 is 0 Å². The van der Waals surface area contributed by atoms with Crippen LogP contribution < -0.4 is 4.74 Å². The van der Waals surface area contributed by atoms with E-state index in [-0.39, 0.29) is 0 Å². The van der Waals surface area contributed by atoms with Gasteiger partial charge in [0.1, 0.15) is 18.5 Å². The molecule has 0 radical (unpaired) electrons. The first-order chi connectivity index (χ1) is 9.66. The van der Waals surface area contributed by atoms with Crippen LogP contribution in [-0.2, 0) is 0 Å². The van der Waals surface area contributed by atoms with Crippen LogP contribution in [0.4, 0.5) is 0 Å². The molecule has 1 aliphatic heterocycles. The number of β-amino-alcohol motifs (C(OH)–C–C–N with tert-alkyl or cyclic N) is 1. The summed E-state index contributed by atoms with van der Waals surface area (Å²) in [5, 5.41) is 10.2. The highest BCUT2D eigenvalue weighted by molar-refractivity contribution is 7.99. The second kappa shape index (κ2) is 7.91. The van der Waals surface area contributed by atoms with Crippen molar-refractivity contribution >= 4 is 11.8 Å². The van der Waals surface area contributed by atoms with Gasteiger partial charge in [-0.3, -0.25) is 4.90 Å². The zero-order valence-electron chi connectivity index (χ0n) is 12.5. The van der Waals surface area contributed by atoms with Gasteiger partial charge in [-0.15, -0.1) is 0 Å². The van der Waals surface area contributed by atoms with Crippen LogP contribution >= 0.6 is 11.8 Å². The van der Waals surface area contributed by atoms with Crippen molar-refractivity contribution in [1.82, 2.24) is 4.90 Å². The lowest BCUT2D eigenvalue weighted by atomic mass is 10.1. The zero-order chi connectivity index (χ0) is 14.4. The lowest BCUT2D eigenvalue weighted by molar-refractivity contribution is 0.0703. The van der Waals surface area contributed by atoms with Crippen molar-refractivity contribution in [1.29, 1.82) is 0 Å². The van der Waals surface area contributed by atoms with Crippen molar-refractivity contribution in [3.05, 3.63) is 29.3 Å². The van der Waals surface area contributed by atoms with Crippen LogP contribution in [-0.4, -0.2) is 53.9 Å². The number of para-hydroxylation sites is 1. The standard InChI is InChI=1S/C16H25NO2S/c1-13-5-3-6-14(2)16(13)19-12-15(18)11-17-7-4-9-20-10-8-17/h3,5-6,15,18H,4,7-12H2,1-2H3. The van der Waals surface area contributed by atoms with Crippen LogP contribution in [0.15, 0.2) is 18.2 Å². The first kappa shape index (κ1) is 15.7. The Morgan fingerprint density at radius 1 is 1.25 bits per heavy atom. The summed E-state index contributed by atoms with van der Waals surface area (Å²) in [7, 11) is 0. The third-order valence-corrected chi connectivity index (χ3v) is 4.66. The quantitative estimate of drug-likeness (QED) is 0.904. The zero-order valence-corrected chi connectivity index (χ0v) is 13.3. The van der Waals surface area contributed by atoms with Crippen molar-refractivity contribution in [2.24, 2.45) is 0 Å². The summed E-state index contributed by atoms with van der Waals surface area (Å²) in [5.41, 5.74) is 2.26. The molecule has 2 rings (SSSR count). The molecule has 1 aromatic rings. The van der Waals surface area contributed by atoms with Gasteiger partial charge in [0, 0.05) is 18.8 Å². The molecule has 3 nitrogen and oxygen atoms in total. The Labute approximate surface area is 126 Å². The summed E-state index contributed by atoms with van der Waals surface area (Å²) in [6.07, 6.45) is 0.798. The summed E-state index contributed by atoms with van der Waals surface area (Å²) < 4.78 is 5.82. The minimum absolute atomic E-state index is 0.370. The lowest BCUT2D eigenvalue weighted by Crippen LogP contribution is -2.37. The van der Waals surface area contributed by atoms with E-state index in [1.54, 1.807) is 0 Å². The molecule has 0 aliphatic carbocycles. The van der Waals surface area contributed by atoms with Gasteiger partial charge in [0.25, 0.3) is 0 Å². The van der Waals surface area contributed by atoms with Crippen LogP contribution in [0.2, 0.25) is 0 Å². The molecule has 1 N–H and O–H groups in total. The van der Waals surface area contributed by atoms with E-state index in [4.69, 9.17) is 4.74 Å². The minimum Gasteiger partial charge on any atom is -0.490 e. The molecule has 4 heteroatoms. The lowest BCUT2D eigenvalue weighted by Gasteiger charge is -2.23. The Kier molecular flexibility index (Phi) is 6.20. The second-order valence-corrected chi connectivity index (χ2v) is 6.68. The van der Waals surface area contributed by atoms with E-state index in [1.165, 1.54) is 17.9 Å². The maximum Gasteiger partial charge on any atom is 0.125 e. The topological polar surface area (TPSA) is 32.7 Å². The van der Waals surface area contributed by atoms with Crippen molar-refractivity contribution < 1.29 is 9.84 Å². The molecule has 0 bridgehead atoms. The predicted molar refractivity (Wildman–Crippen MR) is 85.8 cm³/mol. The normalized spacial score (nSPS) is 18.6. The van der Waals surface area contributed by atoms with Crippen LogP contribution in [0.5, 0.6) is 5.75 Å². The van der Waals surface area contributed by atoms with Crippen molar-refractivity contribution in [3.63, 3.8) is 0 Å². The number of nitrogens with zero attached hydrogens (tertiary/aromatic N) is 1. The van der Waals surface area contributed by atoms with Gasteiger partial charge in [0.05, 0.1) is 0 Å². The van der Waals surface area contributed by atoms with E-state index in [0.29, 0.717) is 13.2 Å². The van der Waals surface area contributed by atoms with E-state index in [9.17, 15) is 5.11 Å². The summed E-state index contributed by atoms with van der Waals surface area (Å²) in [4.78, 5) is 2.35. The van der Waals surface area contributed by atoms with Gasteiger partial charge < -0.3 is 9.84 Å². The number of ether oxygens (including phenoxy) is 1. The van der Waals surface area contributed by atoms with E-state index < -0.39 is 6.10 Å². The Morgan fingerprint density at radius 2 is 2.00 bits per heavy atom. The van der Waals surface area contributed by atoms with Crippen molar-refractivity contribution in [2.45, 2.75) is 26.4 Å². The molecule has 1 heterocycles. The van der Waals surface area contributed by atoms with E-state index in [0.717, 1.165) is 30.0 Å². The van der Waals surface area contributed by atoms with E-state index >= 15 is 0 Å². The minimum atomic E-state index is -0.419. The van der Waals surface area contributed by atoms with Gasteiger partial charge in [0.2, 0.25) is 0 Å². The maximum absolute atomic E-state index is 10.2. The molecular formula is C16H25NO2S. The Hall–Kier alpha value is -0.710. The number of benzene rings is 1. The van der Waals surface area contributed by atoms with Crippen LogP contribution in [0.25, 0.3) is 0 Å². The molecule has 1 aliphatic rings. The number of hydrogen-bond acceptors (Lipinski definition) is 4. The Balaban J connectivity index is 1.81. The first-order valence-electron chi connectivity index (χ1n) is 7.34. The molecule has 0 saturated carbocycles. The van der Waals surface area contributed by atoms with Crippen LogP contribution in [0.3, 0.4) is 0 Å². The highest BCUT2D eigenvalue weighted by Crippen LogP contribution is 2.22. The van der Waals surface area contributed by atoms with Gasteiger partial charge in [-0.2, -0.15) is 11.8 Å². The fourth-order valence-corrected chi connectivity index (χ4v) is 3.46. The molecule has 1 saturated heterocycles. The largest absolute Gasteiger partial charge is 0.490 e. The first-order valence-corrected chi connectivity index (χ1v) is 8.49. The fraction of sp³-hybridized carbons (Fsp3) is 0.625. The number of hydrogen-bond donors (Lipinski definition) is 1. The third-order valence-electron chi connectivity index (χ3n) is 3.61. The van der Waals surface area contributed by atoms with Crippen LogP contribution in [0.1, 0.15) is 17.5 Å². The summed E-state index contributed by atoms with van der Waals surface area (Å²) >= 11 is 2.01. The smallest absolute Gasteiger partial charge is 0.125 e.